The molecule has 3 rings (SSSR count). The molecular weight excluding hydrogens is 321 g/mol. The number of halogens is 3. The lowest BCUT2D eigenvalue weighted by Gasteiger charge is -2.28. The van der Waals surface area contributed by atoms with Crippen molar-refractivity contribution >= 4 is 17.4 Å². The van der Waals surface area contributed by atoms with Crippen molar-refractivity contribution in [2.45, 2.75) is 30.4 Å². The summed E-state index contributed by atoms with van der Waals surface area (Å²) in [4.78, 5) is 7.53. The fraction of sp³-hybridized carbons (Fsp3) is 0.545. The van der Waals surface area contributed by atoms with Crippen LogP contribution in [-0.2, 0) is 4.74 Å². The lowest BCUT2D eigenvalue weighted by atomic mass is 9.96. The number of hydrogen-bond acceptors (Lipinski definition) is 8. The first-order chi connectivity index (χ1) is 10.8. The maximum atomic E-state index is 14.3. The zero-order chi connectivity index (χ0) is 16.9. The van der Waals surface area contributed by atoms with Gasteiger partial charge in [-0.2, -0.15) is 4.98 Å². The Bertz CT molecular complexity index is 743. The smallest absolute Gasteiger partial charge is 0.272 e. The quantitative estimate of drug-likeness (QED) is 0.562. The summed E-state index contributed by atoms with van der Waals surface area (Å²) >= 11 is 0. The number of aliphatic hydroxyl groups is 2. The van der Waals surface area contributed by atoms with E-state index in [0.29, 0.717) is 0 Å². The molecule has 1 aliphatic heterocycles. The number of aliphatic hydroxyl groups excluding tert-OH is 2. The van der Waals surface area contributed by atoms with Gasteiger partial charge in [-0.05, 0) is 0 Å². The van der Waals surface area contributed by atoms with Gasteiger partial charge in [0.25, 0.3) is 6.43 Å². The van der Waals surface area contributed by atoms with Crippen LogP contribution in [-0.4, -0.2) is 60.7 Å². The molecule has 2 aromatic heterocycles. The summed E-state index contributed by atoms with van der Waals surface area (Å²) in [6, 6.07) is 0. The number of nitrogen functional groups attached to an aromatic ring is 2. The van der Waals surface area contributed by atoms with Crippen LogP contribution in [0.1, 0.15) is 11.8 Å². The Morgan fingerprint density at radius 1 is 1.43 bits per heavy atom. The zero-order valence-corrected chi connectivity index (χ0v) is 11.5. The van der Waals surface area contributed by atoms with Gasteiger partial charge in [-0.15, -0.1) is 5.10 Å². The molecular formula is C11H13F3N6O3. The SMILES string of the molecule is Nc1nc(N)c2ncc(C3OC(CO)(C(F)F)C(O)C3F)n2n1. The summed E-state index contributed by atoms with van der Waals surface area (Å²) < 4.78 is 46.7. The van der Waals surface area contributed by atoms with E-state index >= 15 is 0 Å². The maximum absolute atomic E-state index is 14.3. The second-order valence-corrected chi connectivity index (χ2v) is 5.12. The molecule has 4 unspecified atom stereocenters. The third-order valence-electron chi connectivity index (χ3n) is 3.78. The average Bonchev–Trinajstić information content (AvgIpc) is 3.01. The molecule has 3 heterocycles. The fourth-order valence-electron chi connectivity index (χ4n) is 2.54. The van der Waals surface area contributed by atoms with E-state index in [2.05, 4.69) is 15.1 Å². The van der Waals surface area contributed by atoms with Gasteiger partial charge in [0, 0.05) is 0 Å². The van der Waals surface area contributed by atoms with Crippen molar-refractivity contribution in [2.24, 2.45) is 0 Å². The highest BCUT2D eigenvalue weighted by atomic mass is 19.3. The average molecular weight is 334 g/mol. The molecule has 12 heteroatoms. The van der Waals surface area contributed by atoms with Crippen molar-refractivity contribution in [1.82, 2.24) is 19.6 Å². The Balaban J connectivity index is 2.09. The first-order valence-electron chi connectivity index (χ1n) is 6.47. The van der Waals surface area contributed by atoms with Gasteiger partial charge in [0.1, 0.15) is 12.2 Å². The highest BCUT2D eigenvalue weighted by molar-refractivity contribution is 5.60. The second kappa shape index (κ2) is 5.18. The molecule has 0 radical (unpaired) electrons. The van der Waals surface area contributed by atoms with Crippen LogP contribution in [0, 0.1) is 0 Å². The monoisotopic (exact) mass is 334 g/mol. The Labute approximate surface area is 126 Å². The summed E-state index contributed by atoms with van der Waals surface area (Å²) in [5, 5.41) is 22.7. The summed E-state index contributed by atoms with van der Waals surface area (Å²) in [6.45, 7) is -1.27. The van der Waals surface area contributed by atoms with Crippen molar-refractivity contribution in [1.29, 1.82) is 0 Å². The Morgan fingerprint density at radius 2 is 2.13 bits per heavy atom. The van der Waals surface area contributed by atoms with E-state index in [-0.39, 0.29) is 23.1 Å². The fourth-order valence-corrected chi connectivity index (χ4v) is 2.54. The van der Waals surface area contributed by atoms with Crippen LogP contribution in [0.4, 0.5) is 24.9 Å². The molecule has 0 spiro atoms. The number of hydrogen-bond donors (Lipinski definition) is 4. The summed E-state index contributed by atoms with van der Waals surface area (Å²) in [6.07, 6.45) is -8.33. The van der Waals surface area contributed by atoms with Gasteiger partial charge in [-0.25, -0.2) is 22.7 Å². The van der Waals surface area contributed by atoms with E-state index in [1.165, 1.54) is 0 Å². The van der Waals surface area contributed by atoms with Crippen LogP contribution in [0.25, 0.3) is 5.65 Å². The van der Waals surface area contributed by atoms with Crippen molar-refractivity contribution in [3.05, 3.63) is 11.9 Å². The molecule has 1 fully saturated rings. The molecule has 0 bridgehead atoms. The van der Waals surface area contributed by atoms with Gasteiger partial charge >= 0.3 is 0 Å². The van der Waals surface area contributed by atoms with Crippen molar-refractivity contribution in [3.63, 3.8) is 0 Å². The topological polar surface area (TPSA) is 145 Å². The summed E-state index contributed by atoms with van der Waals surface area (Å²) in [5.74, 6) is -0.342. The van der Waals surface area contributed by atoms with Gasteiger partial charge in [0.2, 0.25) is 5.95 Å². The predicted octanol–water partition coefficient (Wildman–Crippen LogP) is -0.945. The van der Waals surface area contributed by atoms with Crippen LogP contribution in [0.2, 0.25) is 0 Å². The molecule has 126 valence electrons. The minimum atomic E-state index is -3.31. The van der Waals surface area contributed by atoms with Gasteiger partial charge in [-0.3, -0.25) is 0 Å². The van der Waals surface area contributed by atoms with Crippen molar-refractivity contribution in [2.75, 3.05) is 18.1 Å². The minimum absolute atomic E-state index is 0.0260. The number of aromatic nitrogens is 4. The molecule has 9 nitrogen and oxygen atoms in total. The normalized spacial score (nSPS) is 31.3. The number of fused-ring (bicyclic) bond motifs is 1. The molecule has 6 N–H and O–H groups in total. The molecule has 0 amide bonds. The first-order valence-corrected chi connectivity index (χ1v) is 6.47. The molecule has 23 heavy (non-hydrogen) atoms. The number of rotatable bonds is 3. The van der Waals surface area contributed by atoms with Gasteiger partial charge in [0.05, 0.1) is 18.5 Å². The summed E-state index contributed by atoms with van der Waals surface area (Å²) in [7, 11) is 0. The van der Waals surface area contributed by atoms with Gasteiger partial charge in [-0.1, -0.05) is 0 Å². The molecule has 0 aromatic carbocycles. The van der Waals surface area contributed by atoms with E-state index in [1.807, 2.05) is 0 Å². The predicted molar refractivity (Wildman–Crippen MR) is 70.2 cm³/mol. The molecule has 0 aliphatic carbocycles. The number of anilines is 2. The summed E-state index contributed by atoms with van der Waals surface area (Å²) in [5.41, 5.74) is 8.24. The lowest BCUT2D eigenvalue weighted by Crippen LogP contribution is -2.51. The third kappa shape index (κ3) is 2.09. The molecule has 2 aromatic rings. The van der Waals surface area contributed by atoms with E-state index in [9.17, 15) is 23.4 Å². The molecule has 1 aliphatic rings. The Kier molecular flexibility index (Phi) is 3.54. The molecule has 0 saturated carbocycles. The van der Waals surface area contributed by atoms with Crippen LogP contribution in [0.15, 0.2) is 6.20 Å². The van der Waals surface area contributed by atoms with E-state index in [1.54, 1.807) is 0 Å². The number of alkyl halides is 3. The van der Waals surface area contributed by atoms with Crippen molar-refractivity contribution in [3.8, 4) is 0 Å². The van der Waals surface area contributed by atoms with Crippen LogP contribution >= 0.6 is 0 Å². The highest BCUT2D eigenvalue weighted by Gasteiger charge is 2.61. The first kappa shape index (κ1) is 15.7. The third-order valence-corrected chi connectivity index (χ3v) is 3.78. The van der Waals surface area contributed by atoms with E-state index in [4.69, 9.17) is 16.2 Å². The standard InChI is InChI=1S/C11H13F3N6O3/c12-4-5(23-11(2-21,6(4)22)9(13)14)3-1-17-8-7(15)18-10(16)19-20(3)8/h1,4-6,9,21-22H,2H2,(H4,15,16,18,19). The van der Waals surface area contributed by atoms with Gasteiger partial charge in [0.15, 0.2) is 23.2 Å². The number of imidazole rings is 1. The zero-order valence-electron chi connectivity index (χ0n) is 11.5. The van der Waals surface area contributed by atoms with Gasteiger partial charge < -0.3 is 26.4 Å². The Morgan fingerprint density at radius 3 is 2.70 bits per heavy atom. The molecule has 4 atom stereocenters. The van der Waals surface area contributed by atoms with E-state index in [0.717, 1.165) is 10.7 Å². The minimum Gasteiger partial charge on any atom is -0.393 e. The number of nitrogens with two attached hydrogens (primary N) is 2. The largest absolute Gasteiger partial charge is 0.393 e. The van der Waals surface area contributed by atoms with Crippen LogP contribution < -0.4 is 11.5 Å². The van der Waals surface area contributed by atoms with Crippen LogP contribution in [0.5, 0.6) is 0 Å². The van der Waals surface area contributed by atoms with Crippen molar-refractivity contribution < 1.29 is 28.1 Å². The maximum Gasteiger partial charge on any atom is 0.272 e. The molecule has 1 saturated heterocycles. The number of nitrogens with zero attached hydrogens (tertiary/aromatic N) is 4. The lowest BCUT2D eigenvalue weighted by molar-refractivity contribution is -0.186. The second-order valence-electron chi connectivity index (χ2n) is 5.12. The van der Waals surface area contributed by atoms with Crippen LogP contribution in [0.3, 0.4) is 0 Å². The van der Waals surface area contributed by atoms with E-state index < -0.39 is 37.0 Å². The number of ether oxygens (including phenoxy) is 1. The highest BCUT2D eigenvalue weighted by Crippen LogP contribution is 2.44. The Hall–Kier alpha value is -2.18.